The fourth-order valence-electron chi connectivity index (χ4n) is 2.06. The van der Waals surface area contributed by atoms with Gasteiger partial charge < -0.3 is 9.47 Å². The van der Waals surface area contributed by atoms with Gasteiger partial charge in [0.25, 0.3) is 0 Å². The minimum atomic E-state index is -6.45. The average Bonchev–Trinajstić information content (AvgIpc) is 2.67. The molecule has 4 nitrogen and oxygen atoms in total. The van der Waals surface area contributed by atoms with Crippen LogP contribution in [0.5, 0.6) is 11.5 Å². The number of rotatable bonds is 8. The van der Waals surface area contributed by atoms with E-state index in [0.717, 1.165) is 5.56 Å². The Morgan fingerprint density at radius 2 is 1.60 bits per heavy atom. The Morgan fingerprint density at radius 3 is 2.17 bits per heavy atom. The summed E-state index contributed by atoms with van der Waals surface area (Å²) in [6.45, 7) is 0.154. The van der Waals surface area contributed by atoms with E-state index in [1.165, 1.54) is 25.3 Å². The molecule has 12 heteroatoms. The van der Waals surface area contributed by atoms with E-state index in [1.807, 2.05) is 0 Å². The predicted molar refractivity (Wildman–Crippen MR) is 95.5 cm³/mol. The summed E-state index contributed by atoms with van der Waals surface area (Å²) in [5, 5.41) is 3.33. The van der Waals surface area contributed by atoms with Gasteiger partial charge in [0.2, 0.25) is 0 Å². The van der Waals surface area contributed by atoms with E-state index < -0.39 is 18.1 Å². The van der Waals surface area contributed by atoms with Crippen molar-refractivity contribution < 1.29 is 40.2 Å². The molecule has 2 aromatic carbocycles. The van der Waals surface area contributed by atoms with Crippen LogP contribution in [0.25, 0.3) is 0 Å². The van der Waals surface area contributed by atoms with Gasteiger partial charge in [-0.2, -0.15) is 35.8 Å². The van der Waals surface area contributed by atoms with Crippen molar-refractivity contribution in [3.8, 4) is 11.5 Å². The van der Waals surface area contributed by atoms with E-state index >= 15 is 0 Å². The van der Waals surface area contributed by atoms with Gasteiger partial charge in [-0.1, -0.05) is 23.7 Å². The van der Waals surface area contributed by atoms with Crippen LogP contribution in [-0.4, -0.2) is 31.5 Å². The Morgan fingerprint density at radius 1 is 0.967 bits per heavy atom. The van der Waals surface area contributed by atoms with Gasteiger partial charge in [-0.05, 0) is 41.5 Å². The number of hydrazone groups is 1. The lowest BCUT2D eigenvalue weighted by Crippen LogP contribution is -2.58. The summed E-state index contributed by atoms with van der Waals surface area (Å²) in [6.07, 6.45) is -5.82. The molecule has 0 spiro atoms. The molecular formula is C18H14ClF7N2O2. The molecule has 0 aliphatic rings. The van der Waals surface area contributed by atoms with Crippen molar-refractivity contribution in [2.24, 2.45) is 5.10 Å². The van der Waals surface area contributed by atoms with Crippen molar-refractivity contribution in [3.63, 3.8) is 0 Å². The van der Waals surface area contributed by atoms with E-state index in [-0.39, 0.29) is 23.7 Å². The summed E-state index contributed by atoms with van der Waals surface area (Å²) >= 11 is 5.79. The number of nitrogens with one attached hydrogen (secondary N) is 1. The standard InChI is InChI=1S/C18H14ClF7N2O2/c1-29-15-8-12(9-27-28-18(25,26)16(20,21)17(22,23)24)4-7-14(15)30-10-11-2-5-13(19)6-3-11/h2-9,28H,10H2,1H3/b27-9+. The van der Waals surface area contributed by atoms with E-state index in [1.54, 1.807) is 24.3 Å². The summed E-state index contributed by atoms with van der Waals surface area (Å²) in [6, 6.07) is 5.13. The van der Waals surface area contributed by atoms with Crippen LogP contribution < -0.4 is 14.9 Å². The first-order chi connectivity index (χ1) is 13.9. The molecule has 0 aromatic heterocycles. The third-order valence-corrected chi connectivity index (χ3v) is 3.92. The van der Waals surface area contributed by atoms with Crippen molar-refractivity contribution >= 4 is 17.8 Å². The first-order valence-corrected chi connectivity index (χ1v) is 8.43. The first-order valence-electron chi connectivity index (χ1n) is 8.05. The second kappa shape index (κ2) is 8.99. The van der Waals surface area contributed by atoms with E-state index in [2.05, 4.69) is 5.10 Å². The van der Waals surface area contributed by atoms with Crippen LogP contribution in [-0.2, 0) is 6.61 Å². The van der Waals surface area contributed by atoms with Crippen molar-refractivity contribution in [1.82, 2.24) is 5.43 Å². The summed E-state index contributed by atoms with van der Waals surface area (Å²) in [5.41, 5.74) is 1.41. The molecule has 0 saturated heterocycles. The zero-order valence-corrected chi connectivity index (χ0v) is 15.9. The molecule has 0 atom stereocenters. The molecule has 0 radical (unpaired) electrons. The first kappa shape index (κ1) is 23.6. The van der Waals surface area contributed by atoms with Crippen molar-refractivity contribution in [2.75, 3.05) is 7.11 Å². The molecular weight excluding hydrogens is 445 g/mol. The Balaban J connectivity index is 2.07. The van der Waals surface area contributed by atoms with Gasteiger partial charge in [-0.25, -0.2) is 5.43 Å². The number of benzene rings is 2. The van der Waals surface area contributed by atoms with Gasteiger partial charge in [0.1, 0.15) is 6.61 Å². The minimum absolute atomic E-state index is 0.0734. The highest BCUT2D eigenvalue weighted by molar-refractivity contribution is 6.30. The van der Waals surface area contributed by atoms with E-state index in [4.69, 9.17) is 21.1 Å². The molecule has 0 saturated carbocycles. The van der Waals surface area contributed by atoms with Gasteiger partial charge in [-0.3, -0.25) is 0 Å². The SMILES string of the molecule is COc1cc(/C=N/NC(F)(F)C(F)(F)C(F)(F)F)ccc1OCc1ccc(Cl)cc1. The number of hydrogen-bond acceptors (Lipinski definition) is 4. The molecule has 164 valence electrons. The van der Waals surface area contributed by atoms with Crippen LogP contribution >= 0.6 is 11.6 Å². The van der Waals surface area contributed by atoms with Crippen LogP contribution in [0.3, 0.4) is 0 Å². The van der Waals surface area contributed by atoms with Crippen LogP contribution in [0.2, 0.25) is 5.02 Å². The largest absolute Gasteiger partial charge is 0.493 e. The van der Waals surface area contributed by atoms with Crippen molar-refractivity contribution in [3.05, 3.63) is 58.6 Å². The molecule has 0 unspecified atom stereocenters. The smallest absolute Gasteiger partial charge is 0.462 e. The molecule has 2 aromatic rings. The normalized spacial score (nSPS) is 12.8. The van der Waals surface area contributed by atoms with Crippen LogP contribution in [0.4, 0.5) is 30.7 Å². The highest BCUT2D eigenvalue weighted by Gasteiger charge is 2.73. The second-order valence-electron chi connectivity index (χ2n) is 5.84. The maximum atomic E-state index is 13.1. The third-order valence-electron chi connectivity index (χ3n) is 3.66. The van der Waals surface area contributed by atoms with Crippen LogP contribution in [0.1, 0.15) is 11.1 Å². The van der Waals surface area contributed by atoms with Gasteiger partial charge in [0, 0.05) is 5.02 Å². The Hall–Kier alpha value is -2.69. The van der Waals surface area contributed by atoms with E-state index in [9.17, 15) is 30.7 Å². The monoisotopic (exact) mass is 458 g/mol. The van der Waals surface area contributed by atoms with Gasteiger partial charge in [0.15, 0.2) is 11.5 Å². The van der Waals surface area contributed by atoms with Crippen LogP contribution in [0, 0.1) is 0 Å². The van der Waals surface area contributed by atoms with Gasteiger partial charge in [0.05, 0.1) is 13.3 Å². The number of hydrogen-bond donors (Lipinski definition) is 1. The zero-order chi connectivity index (χ0) is 22.6. The van der Waals surface area contributed by atoms with Crippen LogP contribution in [0.15, 0.2) is 47.6 Å². The van der Waals surface area contributed by atoms with Crippen molar-refractivity contribution in [2.45, 2.75) is 24.8 Å². The third kappa shape index (κ3) is 5.47. The Bertz CT molecular complexity index is 887. The fraction of sp³-hybridized carbons (Fsp3) is 0.278. The lowest BCUT2D eigenvalue weighted by molar-refractivity contribution is -0.361. The summed E-state index contributed by atoms with van der Waals surface area (Å²) < 4.78 is 98.8. The Kier molecular flexibility index (Phi) is 7.06. The lowest BCUT2D eigenvalue weighted by Gasteiger charge is -2.27. The number of ether oxygens (including phenoxy) is 2. The molecule has 2 rings (SSSR count). The number of nitrogens with zero attached hydrogens (tertiary/aromatic N) is 1. The maximum Gasteiger partial charge on any atom is 0.462 e. The number of halogens is 8. The second-order valence-corrected chi connectivity index (χ2v) is 6.28. The number of methoxy groups -OCH3 is 1. The summed E-state index contributed by atoms with van der Waals surface area (Å²) in [5.74, 6) is -5.89. The Labute approximate surface area is 171 Å². The topological polar surface area (TPSA) is 42.8 Å². The number of alkyl halides is 7. The summed E-state index contributed by atoms with van der Waals surface area (Å²) in [4.78, 5) is 0. The quantitative estimate of drug-likeness (QED) is 0.241. The predicted octanol–water partition coefficient (Wildman–Crippen LogP) is 5.64. The average molecular weight is 459 g/mol. The molecule has 0 bridgehead atoms. The minimum Gasteiger partial charge on any atom is -0.493 e. The molecule has 1 N–H and O–H groups in total. The van der Waals surface area contributed by atoms with E-state index in [0.29, 0.717) is 16.7 Å². The molecule has 0 aliphatic carbocycles. The molecule has 0 fully saturated rings. The summed E-state index contributed by atoms with van der Waals surface area (Å²) in [7, 11) is 1.29. The lowest BCUT2D eigenvalue weighted by atomic mass is 10.2. The van der Waals surface area contributed by atoms with Gasteiger partial charge in [-0.15, -0.1) is 0 Å². The molecule has 30 heavy (non-hydrogen) atoms. The highest BCUT2D eigenvalue weighted by Crippen LogP contribution is 2.45. The van der Waals surface area contributed by atoms with Crippen molar-refractivity contribution in [1.29, 1.82) is 0 Å². The molecule has 0 aliphatic heterocycles. The maximum absolute atomic E-state index is 13.1. The zero-order valence-electron chi connectivity index (χ0n) is 15.1. The highest BCUT2D eigenvalue weighted by atomic mass is 35.5. The molecule has 0 heterocycles. The van der Waals surface area contributed by atoms with Gasteiger partial charge >= 0.3 is 18.1 Å². The molecule has 0 amide bonds. The fourth-order valence-corrected chi connectivity index (χ4v) is 2.19.